The van der Waals surface area contributed by atoms with Gasteiger partial charge in [0.2, 0.25) is 11.8 Å². The molecule has 3 aromatic rings. The van der Waals surface area contributed by atoms with Crippen molar-refractivity contribution in [3.63, 3.8) is 0 Å². The summed E-state index contributed by atoms with van der Waals surface area (Å²) >= 11 is 0. The number of aryl methyl sites for hydroxylation is 1. The Morgan fingerprint density at radius 3 is 2.56 bits per heavy atom. The molecule has 1 aliphatic carbocycles. The summed E-state index contributed by atoms with van der Waals surface area (Å²) in [6, 6.07) is 14.9. The number of rotatable bonds is 8. The van der Waals surface area contributed by atoms with Gasteiger partial charge >= 0.3 is 0 Å². The van der Waals surface area contributed by atoms with Crippen LogP contribution in [0, 0.1) is 12.7 Å². The largest absolute Gasteiger partial charge is 0.481 e. The number of para-hydroxylation sites is 1. The van der Waals surface area contributed by atoms with Gasteiger partial charge in [0, 0.05) is 12.1 Å². The van der Waals surface area contributed by atoms with Gasteiger partial charge in [0.05, 0.1) is 19.6 Å². The van der Waals surface area contributed by atoms with Crippen LogP contribution >= 0.6 is 0 Å². The minimum atomic E-state index is -0.542. The van der Waals surface area contributed by atoms with Crippen molar-refractivity contribution >= 4 is 11.8 Å². The Bertz CT molecular complexity index is 1170. The molecule has 1 aliphatic rings. The quantitative estimate of drug-likeness (QED) is 0.522. The molecule has 2 N–H and O–H groups in total. The van der Waals surface area contributed by atoms with Gasteiger partial charge in [-0.05, 0) is 43.0 Å². The van der Waals surface area contributed by atoms with Crippen molar-refractivity contribution in [1.82, 2.24) is 20.4 Å². The van der Waals surface area contributed by atoms with E-state index in [9.17, 15) is 14.0 Å². The topological polar surface area (TPSA) is 85.2 Å². The van der Waals surface area contributed by atoms with Crippen LogP contribution in [0.1, 0.15) is 59.8 Å². The van der Waals surface area contributed by atoms with Crippen LogP contribution in [0.15, 0.2) is 54.6 Å². The normalized spacial score (nSPS) is 14.6. The van der Waals surface area contributed by atoms with Crippen molar-refractivity contribution in [1.29, 1.82) is 0 Å². The molecular weight excluding hydrogens is 435 g/mol. The van der Waals surface area contributed by atoms with Gasteiger partial charge < -0.3 is 15.4 Å². The third-order valence-electron chi connectivity index (χ3n) is 6.18. The molecule has 2 amide bonds. The Morgan fingerprint density at radius 2 is 1.85 bits per heavy atom. The summed E-state index contributed by atoms with van der Waals surface area (Å²) < 4.78 is 20.9. The summed E-state index contributed by atoms with van der Waals surface area (Å²) in [6.07, 6.45) is 4.32. The van der Waals surface area contributed by atoms with Gasteiger partial charge in [0.15, 0.2) is 5.69 Å². The fraction of sp³-hybridized carbons (Fsp3) is 0.346. The third kappa shape index (κ3) is 5.27. The number of nitrogens with one attached hydrogen (secondary N) is 2. The lowest BCUT2D eigenvalue weighted by molar-refractivity contribution is -0.122. The minimum Gasteiger partial charge on any atom is -0.481 e. The lowest BCUT2D eigenvalue weighted by Crippen LogP contribution is -2.37. The number of aromatic nitrogens is 2. The average Bonchev–Trinajstić information content (AvgIpc) is 3.49. The van der Waals surface area contributed by atoms with Crippen LogP contribution in [0.4, 0.5) is 4.39 Å². The summed E-state index contributed by atoms with van der Waals surface area (Å²) in [7, 11) is 1.43. The number of hydrogen-bond donors (Lipinski definition) is 2. The van der Waals surface area contributed by atoms with E-state index in [0.29, 0.717) is 0 Å². The van der Waals surface area contributed by atoms with Crippen LogP contribution in [0.2, 0.25) is 0 Å². The first-order valence-electron chi connectivity index (χ1n) is 11.5. The Labute approximate surface area is 198 Å². The van der Waals surface area contributed by atoms with E-state index < -0.39 is 17.8 Å². The van der Waals surface area contributed by atoms with Crippen LogP contribution in [0.5, 0.6) is 5.88 Å². The maximum absolute atomic E-state index is 14.3. The SMILES string of the molecule is COc1cc(C(=O)N[C@@H](CC(=O)NC2CCCC2)c2ccccc2C)nn1-c1ccccc1F. The summed E-state index contributed by atoms with van der Waals surface area (Å²) in [5.41, 5.74) is 2.06. The Kier molecular flexibility index (Phi) is 7.25. The number of amides is 2. The highest BCUT2D eigenvalue weighted by Gasteiger charge is 2.25. The summed E-state index contributed by atoms with van der Waals surface area (Å²) in [5, 5.41) is 10.3. The van der Waals surface area contributed by atoms with Crippen LogP contribution in [-0.2, 0) is 4.79 Å². The zero-order valence-corrected chi connectivity index (χ0v) is 19.4. The van der Waals surface area contributed by atoms with E-state index in [0.717, 1.165) is 36.8 Å². The monoisotopic (exact) mass is 464 g/mol. The molecule has 8 heteroatoms. The molecular formula is C26H29FN4O3. The molecule has 4 rings (SSSR count). The maximum atomic E-state index is 14.3. The van der Waals surface area contributed by atoms with Crippen LogP contribution < -0.4 is 15.4 Å². The van der Waals surface area contributed by atoms with Crippen molar-refractivity contribution in [2.75, 3.05) is 7.11 Å². The molecule has 1 saturated carbocycles. The van der Waals surface area contributed by atoms with E-state index in [2.05, 4.69) is 15.7 Å². The maximum Gasteiger partial charge on any atom is 0.272 e. The second-order valence-corrected chi connectivity index (χ2v) is 8.57. The number of ether oxygens (including phenoxy) is 1. The number of methoxy groups -OCH3 is 1. The van der Waals surface area contributed by atoms with Gasteiger partial charge in [0.1, 0.15) is 11.5 Å². The molecule has 0 saturated heterocycles. The first-order chi connectivity index (χ1) is 16.5. The standard InChI is InChI=1S/C26H29FN4O3/c1-17-9-3-6-12-19(17)21(15-24(32)28-18-10-4-5-11-18)29-26(33)22-16-25(34-2)31(30-22)23-14-8-7-13-20(23)27/h3,6-9,12-14,16,18,21H,4-5,10-11,15H2,1-2H3,(H,28,32)(H,29,33)/t21-/m0/s1. The lowest BCUT2D eigenvalue weighted by atomic mass is 9.98. The number of halogens is 1. The lowest BCUT2D eigenvalue weighted by Gasteiger charge is -2.21. The highest BCUT2D eigenvalue weighted by atomic mass is 19.1. The molecule has 1 heterocycles. The van der Waals surface area contributed by atoms with Gasteiger partial charge in [-0.1, -0.05) is 49.2 Å². The van der Waals surface area contributed by atoms with Crippen molar-refractivity contribution < 1.29 is 18.7 Å². The zero-order chi connectivity index (χ0) is 24.1. The molecule has 1 aromatic heterocycles. The van der Waals surface area contributed by atoms with E-state index in [1.165, 1.54) is 23.9 Å². The molecule has 34 heavy (non-hydrogen) atoms. The van der Waals surface area contributed by atoms with E-state index >= 15 is 0 Å². The molecule has 0 radical (unpaired) electrons. The molecule has 0 unspecified atom stereocenters. The van der Waals surface area contributed by atoms with Crippen LogP contribution in [0.25, 0.3) is 5.69 Å². The van der Waals surface area contributed by atoms with E-state index in [1.54, 1.807) is 18.2 Å². The predicted octanol–water partition coefficient (Wildman–Crippen LogP) is 4.25. The molecule has 2 aromatic carbocycles. The number of nitrogens with zero attached hydrogens (tertiary/aromatic N) is 2. The molecule has 0 spiro atoms. The molecule has 178 valence electrons. The van der Waals surface area contributed by atoms with Gasteiger partial charge in [0.25, 0.3) is 5.91 Å². The fourth-order valence-corrected chi connectivity index (χ4v) is 4.41. The molecule has 1 atom stereocenters. The fourth-order valence-electron chi connectivity index (χ4n) is 4.41. The van der Waals surface area contributed by atoms with Gasteiger partial charge in [-0.15, -0.1) is 0 Å². The molecule has 7 nitrogen and oxygen atoms in total. The van der Waals surface area contributed by atoms with Crippen molar-refractivity contribution in [2.24, 2.45) is 0 Å². The number of hydrogen-bond acceptors (Lipinski definition) is 4. The van der Waals surface area contributed by atoms with Gasteiger partial charge in [-0.3, -0.25) is 9.59 Å². The van der Waals surface area contributed by atoms with E-state index in [-0.39, 0.29) is 35.6 Å². The molecule has 1 fully saturated rings. The van der Waals surface area contributed by atoms with E-state index in [4.69, 9.17) is 4.74 Å². The molecule has 0 bridgehead atoms. The smallest absolute Gasteiger partial charge is 0.272 e. The Morgan fingerprint density at radius 1 is 1.15 bits per heavy atom. The zero-order valence-electron chi connectivity index (χ0n) is 19.4. The minimum absolute atomic E-state index is 0.0647. The van der Waals surface area contributed by atoms with Gasteiger partial charge in [-0.25, -0.2) is 4.39 Å². The summed E-state index contributed by atoms with van der Waals surface area (Å²) in [6.45, 7) is 1.94. The first-order valence-corrected chi connectivity index (χ1v) is 11.5. The predicted molar refractivity (Wildman–Crippen MR) is 126 cm³/mol. The third-order valence-corrected chi connectivity index (χ3v) is 6.18. The summed E-state index contributed by atoms with van der Waals surface area (Å²) in [5.74, 6) is -0.843. The highest BCUT2D eigenvalue weighted by molar-refractivity contribution is 5.93. The molecule has 0 aliphatic heterocycles. The van der Waals surface area contributed by atoms with Crippen LogP contribution in [0.3, 0.4) is 0 Å². The van der Waals surface area contributed by atoms with Gasteiger partial charge in [-0.2, -0.15) is 9.78 Å². The van der Waals surface area contributed by atoms with Crippen LogP contribution in [-0.4, -0.2) is 34.7 Å². The van der Waals surface area contributed by atoms with Crippen molar-refractivity contribution in [2.45, 2.75) is 51.1 Å². The number of carbonyl (C=O) groups is 2. The number of carbonyl (C=O) groups excluding carboxylic acids is 2. The summed E-state index contributed by atoms with van der Waals surface area (Å²) in [4.78, 5) is 26.0. The number of benzene rings is 2. The second kappa shape index (κ2) is 10.5. The highest BCUT2D eigenvalue weighted by Crippen LogP contribution is 2.25. The Balaban J connectivity index is 1.57. The van der Waals surface area contributed by atoms with Crippen molar-refractivity contribution in [3.05, 3.63) is 77.2 Å². The average molecular weight is 465 g/mol. The second-order valence-electron chi connectivity index (χ2n) is 8.57. The van der Waals surface area contributed by atoms with Crippen molar-refractivity contribution in [3.8, 4) is 11.6 Å². The first kappa shape index (κ1) is 23.5. The Hall–Kier alpha value is -3.68. The van der Waals surface area contributed by atoms with E-state index in [1.807, 2.05) is 31.2 Å².